The Balaban J connectivity index is 2.21. The zero-order valence-corrected chi connectivity index (χ0v) is 16.6. The lowest BCUT2D eigenvalue weighted by Crippen LogP contribution is -2.33. The monoisotopic (exact) mass is 395 g/mol. The minimum atomic E-state index is -0.915. The van der Waals surface area contributed by atoms with E-state index < -0.39 is 17.7 Å². The van der Waals surface area contributed by atoms with Crippen molar-refractivity contribution in [2.75, 3.05) is 21.3 Å². The molecule has 0 fully saturated rings. The molecule has 0 spiro atoms. The number of benzene rings is 2. The zero-order valence-electron chi connectivity index (χ0n) is 16.6. The van der Waals surface area contributed by atoms with Crippen molar-refractivity contribution in [3.63, 3.8) is 0 Å². The maximum atomic E-state index is 12.6. The summed E-state index contributed by atoms with van der Waals surface area (Å²) in [6.07, 6.45) is 0. The molecule has 0 aliphatic carbocycles. The molecule has 0 radical (unpaired) electrons. The lowest BCUT2D eigenvalue weighted by Gasteiger charge is -2.15. The van der Waals surface area contributed by atoms with E-state index in [-0.39, 0.29) is 0 Å². The molecule has 0 saturated heterocycles. The van der Waals surface area contributed by atoms with Crippen molar-refractivity contribution in [3.05, 3.63) is 59.0 Å². The van der Waals surface area contributed by atoms with Crippen LogP contribution < -0.4 is 15.2 Å². The average Bonchev–Trinajstić information content (AvgIpc) is 2.78. The number of carbonyl (C=O) groups excluding carboxylic acids is 1. The minimum Gasteiger partial charge on any atom is -0.497 e. The van der Waals surface area contributed by atoms with Crippen molar-refractivity contribution < 1.29 is 19.0 Å². The summed E-state index contributed by atoms with van der Waals surface area (Å²) >= 11 is 0. The molecule has 2 aromatic carbocycles. The van der Waals surface area contributed by atoms with Crippen molar-refractivity contribution in [1.29, 1.82) is 0 Å². The second kappa shape index (κ2) is 8.55. The van der Waals surface area contributed by atoms with Crippen molar-refractivity contribution >= 4 is 5.97 Å². The number of methoxy groups -OCH3 is 3. The van der Waals surface area contributed by atoms with Gasteiger partial charge in [0, 0.05) is 11.1 Å². The Kier molecular flexibility index (Phi) is 5.92. The van der Waals surface area contributed by atoms with Crippen LogP contribution in [0.2, 0.25) is 0 Å². The third kappa shape index (κ3) is 4.11. The van der Waals surface area contributed by atoms with E-state index in [1.807, 2.05) is 12.1 Å². The van der Waals surface area contributed by atoms with Gasteiger partial charge in [-0.05, 0) is 55.5 Å². The third-order valence-corrected chi connectivity index (χ3v) is 4.47. The molecule has 3 aromatic rings. The molecule has 0 amide bonds. The second-order valence-electron chi connectivity index (χ2n) is 6.19. The molecule has 1 aromatic heterocycles. The third-order valence-electron chi connectivity index (χ3n) is 4.47. The van der Waals surface area contributed by atoms with Crippen LogP contribution in [0.5, 0.6) is 11.5 Å². The van der Waals surface area contributed by atoms with Gasteiger partial charge in [-0.1, -0.05) is 0 Å². The van der Waals surface area contributed by atoms with E-state index in [0.29, 0.717) is 28.5 Å². The van der Waals surface area contributed by atoms with Crippen LogP contribution in [0, 0.1) is 0 Å². The van der Waals surface area contributed by atoms with Crippen molar-refractivity contribution in [2.45, 2.75) is 13.0 Å². The molecule has 1 heterocycles. The number of rotatable bonds is 6. The van der Waals surface area contributed by atoms with Gasteiger partial charge in [-0.15, -0.1) is 0 Å². The fourth-order valence-corrected chi connectivity index (χ4v) is 2.81. The number of carbonyl (C=O) groups is 1. The van der Waals surface area contributed by atoms with Crippen molar-refractivity contribution in [2.24, 2.45) is 0 Å². The Labute approximate surface area is 167 Å². The van der Waals surface area contributed by atoms with Gasteiger partial charge in [0.25, 0.3) is 0 Å². The first kappa shape index (κ1) is 20.1. The van der Waals surface area contributed by atoms with Crippen molar-refractivity contribution in [1.82, 2.24) is 14.8 Å². The fraction of sp³-hybridized carbons (Fsp3) is 0.238. The minimum absolute atomic E-state index is 0.399. The predicted octanol–water partition coefficient (Wildman–Crippen LogP) is 2.72. The lowest BCUT2D eigenvalue weighted by atomic mass is 10.0. The fourth-order valence-electron chi connectivity index (χ4n) is 2.81. The van der Waals surface area contributed by atoms with Gasteiger partial charge in [0.1, 0.15) is 22.9 Å². The highest BCUT2D eigenvalue weighted by Gasteiger charge is 2.22. The summed E-state index contributed by atoms with van der Waals surface area (Å²) in [5.41, 5.74) is 1.62. The molecular formula is C21H21N3O5. The Morgan fingerprint density at radius 1 is 0.862 bits per heavy atom. The molecule has 0 bridgehead atoms. The Bertz CT molecular complexity index is 1060. The summed E-state index contributed by atoms with van der Waals surface area (Å²) in [5.74, 6) is 0.781. The molecule has 0 aliphatic heterocycles. The first-order chi connectivity index (χ1) is 14.0. The van der Waals surface area contributed by atoms with Gasteiger partial charge < -0.3 is 14.2 Å². The normalized spacial score (nSPS) is 11.6. The maximum absolute atomic E-state index is 12.6. The highest BCUT2D eigenvalue weighted by atomic mass is 16.5. The summed E-state index contributed by atoms with van der Waals surface area (Å²) < 4.78 is 16.2. The van der Waals surface area contributed by atoms with Crippen LogP contribution in [0.1, 0.15) is 13.0 Å². The Morgan fingerprint density at radius 2 is 1.34 bits per heavy atom. The Hall–Kier alpha value is -3.68. The first-order valence-corrected chi connectivity index (χ1v) is 8.86. The zero-order chi connectivity index (χ0) is 21.0. The molecular weight excluding hydrogens is 374 g/mol. The van der Waals surface area contributed by atoms with E-state index in [0.717, 1.165) is 10.2 Å². The van der Waals surface area contributed by atoms with E-state index in [2.05, 4.69) is 10.1 Å². The number of hydrogen-bond acceptors (Lipinski definition) is 7. The van der Waals surface area contributed by atoms with Crippen LogP contribution >= 0.6 is 0 Å². The van der Waals surface area contributed by atoms with E-state index >= 15 is 0 Å². The van der Waals surface area contributed by atoms with Crippen LogP contribution in [0.25, 0.3) is 22.5 Å². The molecule has 0 aliphatic rings. The Morgan fingerprint density at radius 3 is 1.79 bits per heavy atom. The summed E-state index contributed by atoms with van der Waals surface area (Å²) in [6.45, 7) is 1.53. The molecule has 0 saturated carbocycles. The lowest BCUT2D eigenvalue weighted by molar-refractivity contribution is -0.144. The molecule has 150 valence electrons. The van der Waals surface area contributed by atoms with Gasteiger partial charge in [-0.2, -0.15) is 14.8 Å². The van der Waals surface area contributed by atoms with Gasteiger partial charge >= 0.3 is 11.7 Å². The summed E-state index contributed by atoms with van der Waals surface area (Å²) in [5, 5.41) is 4.45. The smallest absolute Gasteiger partial charge is 0.365 e. The van der Waals surface area contributed by atoms with Crippen LogP contribution in [0.3, 0.4) is 0 Å². The molecule has 0 N–H and O–H groups in total. The van der Waals surface area contributed by atoms with Gasteiger partial charge in [0.05, 0.1) is 21.3 Å². The molecule has 29 heavy (non-hydrogen) atoms. The van der Waals surface area contributed by atoms with Gasteiger partial charge in [0.2, 0.25) is 0 Å². The number of aromatic nitrogens is 3. The van der Waals surface area contributed by atoms with E-state index in [1.54, 1.807) is 50.6 Å². The van der Waals surface area contributed by atoms with Crippen LogP contribution in [-0.2, 0) is 9.53 Å². The van der Waals surface area contributed by atoms with E-state index in [1.165, 1.54) is 14.0 Å². The van der Waals surface area contributed by atoms with E-state index in [4.69, 9.17) is 14.2 Å². The highest BCUT2D eigenvalue weighted by molar-refractivity contribution is 5.78. The van der Waals surface area contributed by atoms with Gasteiger partial charge in [-0.25, -0.2) is 9.59 Å². The van der Waals surface area contributed by atoms with Crippen molar-refractivity contribution in [3.8, 4) is 34.0 Å². The molecule has 1 unspecified atom stereocenters. The SMILES string of the molecule is COC(=O)C(C)n1nc(-c2ccc(OC)cc2)c(-c2ccc(OC)cc2)nc1=O. The van der Waals surface area contributed by atoms with Gasteiger partial charge in [-0.3, -0.25) is 0 Å². The number of hydrogen-bond donors (Lipinski definition) is 0. The van der Waals surface area contributed by atoms with Crippen LogP contribution in [0.4, 0.5) is 0 Å². The van der Waals surface area contributed by atoms with Crippen LogP contribution in [0.15, 0.2) is 53.3 Å². The largest absolute Gasteiger partial charge is 0.497 e. The summed E-state index contributed by atoms with van der Waals surface area (Å²) in [6, 6.07) is 13.4. The maximum Gasteiger partial charge on any atom is 0.365 e. The highest BCUT2D eigenvalue weighted by Crippen LogP contribution is 2.30. The average molecular weight is 395 g/mol. The quantitative estimate of drug-likeness (QED) is 0.593. The first-order valence-electron chi connectivity index (χ1n) is 8.86. The number of ether oxygens (including phenoxy) is 3. The molecule has 3 rings (SSSR count). The topological polar surface area (TPSA) is 92.5 Å². The second-order valence-corrected chi connectivity index (χ2v) is 6.19. The van der Waals surface area contributed by atoms with Crippen LogP contribution in [-0.4, -0.2) is 42.1 Å². The molecule has 1 atom stereocenters. The number of nitrogens with zero attached hydrogens (tertiary/aromatic N) is 3. The standard InChI is InChI=1S/C21H21N3O5/c1-13(20(25)29-4)24-21(26)22-18(14-5-9-16(27-2)10-6-14)19(23-24)15-7-11-17(28-3)12-8-15/h5-13H,1-4H3. The predicted molar refractivity (Wildman–Crippen MR) is 107 cm³/mol. The number of esters is 1. The molecule has 8 heteroatoms. The summed E-state index contributed by atoms with van der Waals surface area (Å²) in [7, 11) is 4.41. The van der Waals surface area contributed by atoms with E-state index in [9.17, 15) is 9.59 Å². The summed E-state index contributed by atoms with van der Waals surface area (Å²) in [4.78, 5) is 28.8. The van der Waals surface area contributed by atoms with Gasteiger partial charge in [0.15, 0.2) is 6.04 Å². The molecule has 8 nitrogen and oxygen atoms in total.